The van der Waals surface area contributed by atoms with Crippen molar-refractivity contribution in [2.75, 3.05) is 26.3 Å². The van der Waals surface area contributed by atoms with E-state index in [1.807, 2.05) is 60.7 Å². The fraction of sp³-hybridized carbons (Fsp3) is 0.300. The third kappa shape index (κ3) is 9.56. The average Bonchev–Trinajstić information content (AvgIpc) is 2.73. The van der Waals surface area contributed by atoms with Crippen molar-refractivity contribution in [3.8, 4) is 0 Å². The van der Waals surface area contributed by atoms with Crippen molar-refractivity contribution in [1.29, 1.82) is 0 Å². The molecule has 0 saturated heterocycles. The third-order valence-corrected chi connectivity index (χ3v) is 3.45. The van der Waals surface area contributed by atoms with Crippen molar-refractivity contribution in [3.63, 3.8) is 0 Å². The Kier molecular flexibility index (Phi) is 9.94. The molecule has 8 nitrogen and oxygen atoms in total. The van der Waals surface area contributed by atoms with Gasteiger partial charge in [-0.1, -0.05) is 60.7 Å². The predicted octanol–water partition coefficient (Wildman–Crippen LogP) is 2.79. The molecular weight excluding hydrogens is 364 g/mol. The Labute approximate surface area is 163 Å². The number of rotatable bonds is 11. The van der Waals surface area contributed by atoms with E-state index in [1.54, 1.807) is 0 Å². The van der Waals surface area contributed by atoms with Crippen molar-refractivity contribution >= 4 is 12.2 Å². The van der Waals surface area contributed by atoms with Gasteiger partial charge in [-0.05, 0) is 11.1 Å². The molecule has 0 aromatic heterocycles. The molecule has 2 rings (SSSR count). The van der Waals surface area contributed by atoms with Gasteiger partial charge in [0.15, 0.2) is 0 Å². The zero-order valence-electron chi connectivity index (χ0n) is 15.5. The van der Waals surface area contributed by atoms with E-state index in [0.717, 1.165) is 11.1 Å². The highest BCUT2D eigenvalue weighted by atomic mass is 17.2. The molecule has 2 amide bonds. The summed E-state index contributed by atoms with van der Waals surface area (Å²) in [4.78, 5) is 32.4. The number of ether oxygens (including phenoxy) is 2. The van der Waals surface area contributed by atoms with E-state index < -0.39 is 12.2 Å². The number of hydrogen-bond acceptors (Lipinski definition) is 6. The topological polar surface area (TPSA) is 95.1 Å². The number of carbonyl (C=O) groups is 2. The predicted molar refractivity (Wildman–Crippen MR) is 101 cm³/mol. The molecule has 0 saturated carbocycles. The van der Waals surface area contributed by atoms with Crippen LogP contribution in [0.2, 0.25) is 0 Å². The number of carbonyl (C=O) groups excluding carboxylic acids is 2. The largest absolute Gasteiger partial charge is 0.445 e. The summed E-state index contributed by atoms with van der Waals surface area (Å²) in [7, 11) is 0. The first-order valence-electron chi connectivity index (χ1n) is 8.87. The van der Waals surface area contributed by atoms with E-state index in [0.29, 0.717) is 13.2 Å². The Hall–Kier alpha value is -3.10. The summed E-state index contributed by atoms with van der Waals surface area (Å²) in [6.07, 6.45) is -1.20. The molecule has 0 unspecified atom stereocenters. The maximum absolute atomic E-state index is 11.5. The number of benzene rings is 2. The molecule has 0 radical (unpaired) electrons. The van der Waals surface area contributed by atoms with Crippen LogP contribution in [0.25, 0.3) is 0 Å². The van der Waals surface area contributed by atoms with E-state index in [-0.39, 0.29) is 26.4 Å². The Bertz CT molecular complexity index is 696. The average molecular weight is 388 g/mol. The Morgan fingerprint density at radius 2 is 1.25 bits per heavy atom. The highest BCUT2D eigenvalue weighted by Crippen LogP contribution is 2.01. The van der Waals surface area contributed by atoms with Crippen LogP contribution in [0.4, 0.5) is 9.59 Å². The van der Waals surface area contributed by atoms with Crippen LogP contribution in [0, 0.1) is 0 Å². The number of hydrogen-bond donors (Lipinski definition) is 2. The summed E-state index contributed by atoms with van der Waals surface area (Å²) < 4.78 is 10.4. The lowest BCUT2D eigenvalue weighted by molar-refractivity contribution is -0.248. The van der Waals surface area contributed by atoms with Gasteiger partial charge in [0.2, 0.25) is 0 Å². The van der Waals surface area contributed by atoms with Crippen LogP contribution >= 0.6 is 0 Å². The Morgan fingerprint density at radius 1 is 0.714 bits per heavy atom. The minimum absolute atomic E-state index is 0.177. The SMILES string of the molecule is O=C(NCCOCCNC(=O)OOCc1ccccc1)OCc1ccccc1. The zero-order chi connectivity index (χ0) is 19.9. The highest BCUT2D eigenvalue weighted by molar-refractivity contribution is 5.67. The van der Waals surface area contributed by atoms with E-state index in [4.69, 9.17) is 14.4 Å². The molecular formula is C20H24N2O6. The molecule has 0 fully saturated rings. The summed E-state index contributed by atoms with van der Waals surface area (Å²) in [5.41, 5.74) is 1.81. The van der Waals surface area contributed by atoms with Gasteiger partial charge < -0.3 is 20.1 Å². The van der Waals surface area contributed by atoms with Crippen LogP contribution < -0.4 is 10.6 Å². The van der Waals surface area contributed by atoms with Crippen LogP contribution in [-0.4, -0.2) is 38.5 Å². The van der Waals surface area contributed by atoms with Crippen molar-refractivity contribution in [2.24, 2.45) is 0 Å². The minimum Gasteiger partial charge on any atom is -0.445 e. The van der Waals surface area contributed by atoms with Crippen LogP contribution in [0.3, 0.4) is 0 Å². The Balaban J connectivity index is 1.39. The normalized spacial score (nSPS) is 10.1. The maximum atomic E-state index is 11.5. The van der Waals surface area contributed by atoms with Crippen LogP contribution in [0.1, 0.15) is 11.1 Å². The summed E-state index contributed by atoms with van der Waals surface area (Å²) in [5, 5.41) is 5.06. The summed E-state index contributed by atoms with van der Waals surface area (Å²) >= 11 is 0. The lowest BCUT2D eigenvalue weighted by Gasteiger charge is -2.08. The quantitative estimate of drug-likeness (QED) is 0.349. The molecule has 2 aromatic carbocycles. The van der Waals surface area contributed by atoms with E-state index >= 15 is 0 Å². The van der Waals surface area contributed by atoms with Crippen molar-refractivity contribution in [2.45, 2.75) is 13.2 Å². The first-order chi connectivity index (χ1) is 13.7. The van der Waals surface area contributed by atoms with Gasteiger partial charge in [0, 0.05) is 13.1 Å². The first-order valence-corrected chi connectivity index (χ1v) is 8.87. The van der Waals surface area contributed by atoms with Crippen molar-refractivity contribution in [1.82, 2.24) is 10.6 Å². The molecule has 150 valence electrons. The highest BCUT2D eigenvalue weighted by Gasteiger charge is 2.04. The van der Waals surface area contributed by atoms with Gasteiger partial charge in [0.1, 0.15) is 13.2 Å². The van der Waals surface area contributed by atoms with Crippen molar-refractivity contribution < 1.29 is 28.8 Å². The second kappa shape index (κ2) is 13.1. The molecule has 2 aromatic rings. The summed E-state index contributed by atoms with van der Waals surface area (Å²) in [6, 6.07) is 18.8. The van der Waals surface area contributed by atoms with Gasteiger partial charge >= 0.3 is 12.2 Å². The molecule has 28 heavy (non-hydrogen) atoms. The number of nitrogens with one attached hydrogen (secondary N) is 2. The summed E-state index contributed by atoms with van der Waals surface area (Å²) in [5.74, 6) is 0. The third-order valence-electron chi connectivity index (χ3n) is 3.45. The van der Waals surface area contributed by atoms with Gasteiger partial charge in [-0.25, -0.2) is 9.59 Å². The molecule has 2 N–H and O–H groups in total. The standard InChI is InChI=1S/C20H24N2O6/c23-19(26-15-17-7-3-1-4-8-17)21-11-13-25-14-12-22-20(24)28-27-16-18-9-5-2-6-10-18/h1-10H,11-16H2,(H,21,23)(H,22,24). The molecule has 0 heterocycles. The lowest BCUT2D eigenvalue weighted by atomic mass is 10.2. The van der Waals surface area contributed by atoms with Crippen molar-refractivity contribution in [3.05, 3.63) is 71.8 Å². The second-order valence-electron chi connectivity index (χ2n) is 5.65. The molecule has 0 bridgehead atoms. The fourth-order valence-electron chi connectivity index (χ4n) is 2.08. The zero-order valence-corrected chi connectivity index (χ0v) is 15.5. The number of alkyl carbamates (subject to hydrolysis) is 1. The second-order valence-corrected chi connectivity index (χ2v) is 5.65. The van der Waals surface area contributed by atoms with Crippen LogP contribution in [0.5, 0.6) is 0 Å². The molecule has 8 heteroatoms. The van der Waals surface area contributed by atoms with Gasteiger partial charge in [0.25, 0.3) is 0 Å². The first kappa shape index (κ1) is 21.2. The van der Waals surface area contributed by atoms with E-state index in [9.17, 15) is 9.59 Å². The van der Waals surface area contributed by atoms with Gasteiger partial charge in [-0.3, -0.25) is 4.89 Å². The maximum Gasteiger partial charge on any atom is 0.438 e. The van der Waals surface area contributed by atoms with E-state index in [2.05, 4.69) is 15.5 Å². The fourth-order valence-corrected chi connectivity index (χ4v) is 2.08. The van der Waals surface area contributed by atoms with Gasteiger partial charge in [0.05, 0.1) is 13.2 Å². The van der Waals surface area contributed by atoms with Crippen LogP contribution in [0.15, 0.2) is 60.7 Å². The van der Waals surface area contributed by atoms with Gasteiger partial charge in [-0.2, -0.15) is 4.89 Å². The Morgan fingerprint density at radius 3 is 1.86 bits per heavy atom. The molecule has 0 atom stereocenters. The molecule has 0 aliphatic carbocycles. The lowest BCUT2D eigenvalue weighted by Crippen LogP contribution is -2.30. The monoisotopic (exact) mass is 388 g/mol. The van der Waals surface area contributed by atoms with Gasteiger partial charge in [-0.15, -0.1) is 0 Å². The molecule has 0 aliphatic heterocycles. The van der Waals surface area contributed by atoms with E-state index in [1.165, 1.54) is 0 Å². The number of amides is 2. The minimum atomic E-state index is -0.692. The summed E-state index contributed by atoms with van der Waals surface area (Å²) in [6.45, 7) is 1.52. The molecule has 0 spiro atoms. The molecule has 0 aliphatic rings. The smallest absolute Gasteiger partial charge is 0.438 e. The van der Waals surface area contributed by atoms with Crippen LogP contribution in [-0.2, 0) is 32.5 Å².